The molecule has 0 radical (unpaired) electrons. The largest absolute Gasteiger partial charge is 0.399 e. The van der Waals surface area contributed by atoms with Gasteiger partial charge in [-0.25, -0.2) is 13.1 Å². The molecule has 0 unspecified atom stereocenters. The molecule has 2 rings (SSSR count). The second kappa shape index (κ2) is 5.83. The Morgan fingerprint density at radius 3 is 2.55 bits per heavy atom. The van der Waals surface area contributed by atoms with Gasteiger partial charge in [-0.2, -0.15) is 0 Å². The molecule has 0 atom stereocenters. The Labute approximate surface area is 123 Å². The van der Waals surface area contributed by atoms with Crippen LogP contribution >= 0.6 is 11.6 Å². The van der Waals surface area contributed by atoms with E-state index in [1.54, 1.807) is 37.3 Å². The lowest BCUT2D eigenvalue weighted by Gasteiger charge is -2.10. The van der Waals surface area contributed by atoms with Crippen molar-refractivity contribution in [3.63, 3.8) is 0 Å². The summed E-state index contributed by atoms with van der Waals surface area (Å²) in [6, 6.07) is 11.8. The quantitative estimate of drug-likeness (QED) is 0.853. The highest BCUT2D eigenvalue weighted by atomic mass is 35.5. The van der Waals surface area contributed by atoms with Crippen LogP contribution in [0.5, 0.6) is 0 Å². The van der Waals surface area contributed by atoms with Crippen molar-refractivity contribution in [1.29, 1.82) is 0 Å². The average molecular weight is 311 g/mol. The van der Waals surface area contributed by atoms with Crippen molar-refractivity contribution in [3.05, 3.63) is 58.6 Å². The van der Waals surface area contributed by atoms with Crippen molar-refractivity contribution in [3.8, 4) is 0 Å². The number of anilines is 1. The lowest BCUT2D eigenvalue weighted by atomic mass is 10.2. The van der Waals surface area contributed by atoms with Gasteiger partial charge in [0.25, 0.3) is 0 Å². The summed E-state index contributed by atoms with van der Waals surface area (Å²) in [5, 5.41) is 0.532. The molecule has 4 nitrogen and oxygen atoms in total. The van der Waals surface area contributed by atoms with Gasteiger partial charge in [0.1, 0.15) is 0 Å². The molecular formula is C14H15ClN2O2S. The van der Waals surface area contributed by atoms with Gasteiger partial charge in [-0.05, 0) is 42.3 Å². The molecule has 20 heavy (non-hydrogen) atoms. The van der Waals surface area contributed by atoms with Crippen molar-refractivity contribution < 1.29 is 8.42 Å². The monoisotopic (exact) mass is 310 g/mol. The second-order valence-corrected chi connectivity index (χ2v) is 6.58. The number of nitrogens with two attached hydrogens (primary N) is 1. The number of benzene rings is 2. The van der Waals surface area contributed by atoms with Crippen LogP contribution in [0.3, 0.4) is 0 Å². The summed E-state index contributed by atoms with van der Waals surface area (Å²) in [5.74, 6) is 0. The van der Waals surface area contributed by atoms with Crippen molar-refractivity contribution in [2.45, 2.75) is 18.4 Å². The first-order valence-corrected chi connectivity index (χ1v) is 7.85. The van der Waals surface area contributed by atoms with E-state index in [1.807, 2.05) is 6.07 Å². The van der Waals surface area contributed by atoms with E-state index in [0.29, 0.717) is 16.3 Å². The summed E-state index contributed by atoms with van der Waals surface area (Å²) in [7, 11) is -3.59. The van der Waals surface area contributed by atoms with Crippen LogP contribution in [0.2, 0.25) is 5.02 Å². The van der Waals surface area contributed by atoms with Crippen molar-refractivity contribution >= 4 is 27.3 Å². The number of rotatable bonds is 4. The zero-order chi connectivity index (χ0) is 14.8. The maximum atomic E-state index is 12.3. The average Bonchev–Trinajstić information content (AvgIpc) is 2.37. The highest BCUT2D eigenvalue weighted by Crippen LogP contribution is 2.19. The van der Waals surface area contributed by atoms with Gasteiger partial charge >= 0.3 is 0 Å². The molecule has 0 fully saturated rings. The Kier molecular flexibility index (Phi) is 4.32. The van der Waals surface area contributed by atoms with Crippen LogP contribution in [0.25, 0.3) is 0 Å². The molecule has 0 saturated heterocycles. The normalized spacial score (nSPS) is 11.5. The van der Waals surface area contributed by atoms with E-state index in [2.05, 4.69) is 4.72 Å². The van der Waals surface area contributed by atoms with Crippen LogP contribution in [0, 0.1) is 6.92 Å². The highest BCUT2D eigenvalue weighted by Gasteiger charge is 2.16. The fourth-order valence-electron chi connectivity index (χ4n) is 1.87. The van der Waals surface area contributed by atoms with Crippen LogP contribution in [-0.2, 0) is 16.6 Å². The molecule has 0 saturated carbocycles. The fourth-order valence-corrected chi connectivity index (χ4v) is 3.30. The Hall–Kier alpha value is -1.56. The smallest absolute Gasteiger partial charge is 0.241 e. The molecule has 106 valence electrons. The predicted octanol–water partition coefficient (Wildman–Crippen LogP) is 2.71. The third kappa shape index (κ3) is 3.30. The Bertz CT molecular complexity index is 730. The lowest BCUT2D eigenvalue weighted by Crippen LogP contribution is -2.24. The first-order chi connectivity index (χ1) is 9.40. The number of hydrogen-bond donors (Lipinski definition) is 2. The summed E-state index contributed by atoms with van der Waals surface area (Å²) in [5.41, 5.74) is 7.49. The molecule has 2 aromatic carbocycles. The zero-order valence-corrected chi connectivity index (χ0v) is 12.5. The molecule has 0 aliphatic rings. The maximum Gasteiger partial charge on any atom is 0.241 e. The van der Waals surface area contributed by atoms with Crippen molar-refractivity contribution in [2.24, 2.45) is 0 Å². The van der Waals surface area contributed by atoms with Crippen LogP contribution in [-0.4, -0.2) is 8.42 Å². The Morgan fingerprint density at radius 1 is 1.20 bits per heavy atom. The molecule has 0 bridgehead atoms. The maximum absolute atomic E-state index is 12.3. The van der Waals surface area contributed by atoms with E-state index in [4.69, 9.17) is 17.3 Å². The lowest BCUT2D eigenvalue weighted by molar-refractivity contribution is 0.580. The first-order valence-electron chi connectivity index (χ1n) is 5.99. The standard InChI is InChI=1S/C14H15ClN2O2S/c1-10-8-12(16)6-7-14(10)20(18,19)17-9-11-4-2-3-5-13(11)15/h2-8,17H,9,16H2,1H3. The molecular weight excluding hydrogens is 296 g/mol. The van der Waals surface area contributed by atoms with E-state index in [-0.39, 0.29) is 11.4 Å². The summed E-state index contributed by atoms with van der Waals surface area (Å²) in [6.07, 6.45) is 0. The second-order valence-electron chi connectivity index (χ2n) is 4.44. The van der Waals surface area contributed by atoms with Gasteiger partial charge in [0, 0.05) is 17.3 Å². The molecule has 0 spiro atoms. The van der Waals surface area contributed by atoms with Gasteiger partial charge in [-0.3, -0.25) is 0 Å². The third-order valence-electron chi connectivity index (χ3n) is 2.90. The minimum atomic E-state index is -3.59. The SMILES string of the molecule is Cc1cc(N)ccc1S(=O)(=O)NCc1ccccc1Cl. The number of hydrogen-bond acceptors (Lipinski definition) is 3. The third-order valence-corrected chi connectivity index (χ3v) is 4.83. The number of halogens is 1. The fraction of sp³-hybridized carbons (Fsp3) is 0.143. The Balaban J connectivity index is 2.22. The van der Waals surface area contributed by atoms with Crippen molar-refractivity contribution in [1.82, 2.24) is 4.72 Å². The van der Waals surface area contributed by atoms with Gasteiger partial charge in [-0.1, -0.05) is 29.8 Å². The number of sulfonamides is 1. The Morgan fingerprint density at radius 2 is 1.90 bits per heavy atom. The van der Waals surface area contributed by atoms with Gasteiger partial charge < -0.3 is 5.73 Å². The topological polar surface area (TPSA) is 72.2 Å². The van der Waals surface area contributed by atoms with Gasteiger partial charge in [-0.15, -0.1) is 0 Å². The molecule has 3 N–H and O–H groups in total. The van der Waals surface area contributed by atoms with E-state index in [1.165, 1.54) is 6.07 Å². The van der Waals surface area contributed by atoms with Gasteiger partial charge in [0.15, 0.2) is 0 Å². The number of nitrogen functional groups attached to an aromatic ring is 1. The van der Waals surface area contributed by atoms with Crippen LogP contribution in [0.4, 0.5) is 5.69 Å². The minimum absolute atomic E-state index is 0.145. The van der Waals surface area contributed by atoms with E-state index in [9.17, 15) is 8.42 Å². The van der Waals surface area contributed by atoms with Crippen molar-refractivity contribution in [2.75, 3.05) is 5.73 Å². The van der Waals surface area contributed by atoms with E-state index in [0.717, 1.165) is 5.56 Å². The van der Waals surface area contributed by atoms with E-state index < -0.39 is 10.0 Å². The first kappa shape index (κ1) is 14.8. The predicted molar refractivity (Wildman–Crippen MR) is 81.1 cm³/mol. The van der Waals surface area contributed by atoms with Crippen LogP contribution in [0.1, 0.15) is 11.1 Å². The van der Waals surface area contributed by atoms with Gasteiger partial charge in [0.2, 0.25) is 10.0 Å². The van der Waals surface area contributed by atoms with E-state index >= 15 is 0 Å². The van der Waals surface area contributed by atoms with Crippen LogP contribution in [0.15, 0.2) is 47.4 Å². The minimum Gasteiger partial charge on any atom is -0.399 e. The summed E-state index contributed by atoms with van der Waals surface area (Å²) in [4.78, 5) is 0.221. The summed E-state index contributed by atoms with van der Waals surface area (Å²) >= 11 is 6.00. The van der Waals surface area contributed by atoms with Gasteiger partial charge in [0.05, 0.1) is 4.90 Å². The molecule has 0 heterocycles. The summed E-state index contributed by atoms with van der Waals surface area (Å²) in [6.45, 7) is 1.85. The molecule has 6 heteroatoms. The molecule has 0 aliphatic carbocycles. The molecule has 0 amide bonds. The number of nitrogens with one attached hydrogen (secondary N) is 1. The molecule has 2 aromatic rings. The molecule has 0 aromatic heterocycles. The number of aryl methyl sites for hydroxylation is 1. The highest BCUT2D eigenvalue weighted by molar-refractivity contribution is 7.89. The summed E-state index contributed by atoms with van der Waals surface area (Å²) < 4.78 is 27.0. The zero-order valence-electron chi connectivity index (χ0n) is 10.9. The molecule has 0 aliphatic heterocycles. The van der Waals surface area contributed by atoms with Crippen LogP contribution < -0.4 is 10.5 Å².